The zero-order valence-electron chi connectivity index (χ0n) is 14.8. The molecule has 0 saturated carbocycles. The van der Waals surface area contributed by atoms with Crippen LogP contribution in [0.2, 0.25) is 0 Å². The number of hydrogen-bond acceptors (Lipinski definition) is 14. The number of aromatic nitrogens is 3. The third-order valence-corrected chi connectivity index (χ3v) is 4.62. The molecule has 0 aliphatic heterocycles. The Hall–Kier alpha value is -2.31. The van der Waals surface area contributed by atoms with Gasteiger partial charge < -0.3 is 26.8 Å². The molecule has 0 unspecified atom stereocenters. The van der Waals surface area contributed by atoms with E-state index in [9.17, 15) is 13.0 Å². The van der Waals surface area contributed by atoms with Crippen molar-refractivity contribution in [1.29, 1.82) is 0 Å². The molecule has 160 valence electrons. The predicted octanol–water partition coefficient (Wildman–Crippen LogP) is 0.0650. The first kappa shape index (κ1) is 23.0. The zero-order chi connectivity index (χ0) is 21.3. The summed E-state index contributed by atoms with van der Waals surface area (Å²) in [6.07, 6.45) is 0. The van der Waals surface area contributed by atoms with Gasteiger partial charge in [-0.25, -0.2) is 5.26 Å². The standard InChI is InChI=1S/C13H19N7O7S2/c14-3-4-15-11-18-12(16-5-6-21)20-13(19-11)17-9-7-8(29(23,24)25)1-2-10(9)28-27-26-22/h1-2,7,21-22H,3-6,14H2,(H,23,24,25)(H3,15,16,17,18,19,20). The first-order chi connectivity index (χ1) is 13.9. The summed E-state index contributed by atoms with van der Waals surface area (Å²) in [5, 5.41) is 29.3. The number of rotatable bonds is 12. The summed E-state index contributed by atoms with van der Waals surface area (Å²) < 4.78 is 36.5. The van der Waals surface area contributed by atoms with E-state index in [0.717, 1.165) is 12.1 Å². The summed E-state index contributed by atoms with van der Waals surface area (Å²) >= 11 is 0.559. The number of aliphatic hydroxyl groups excluding tert-OH is 1. The molecular formula is C13H19N7O7S2. The van der Waals surface area contributed by atoms with Gasteiger partial charge in [-0.2, -0.15) is 23.4 Å². The molecule has 0 atom stereocenters. The van der Waals surface area contributed by atoms with Gasteiger partial charge in [-0.15, -0.1) is 4.33 Å². The van der Waals surface area contributed by atoms with Crippen molar-refractivity contribution < 1.29 is 32.7 Å². The Morgan fingerprint density at radius 2 is 1.76 bits per heavy atom. The molecule has 29 heavy (non-hydrogen) atoms. The van der Waals surface area contributed by atoms with E-state index in [1.165, 1.54) is 6.07 Å². The maximum atomic E-state index is 11.4. The second-order valence-electron chi connectivity index (χ2n) is 5.16. The lowest BCUT2D eigenvalue weighted by molar-refractivity contribution is -0.432. The zero-order valence-corrected chi connectivity index (χ0v) is 16.4. The lowest BCUT2D eigenvalue weighted by Gasteiger charge is -2.13. The third kappa shape index (κ3) is 7.22. The highest BCUT2D eigenvalue weighted by Gasteiger charge is 2.16. The fourth-order valence-corrected chi connectivity index (χ4v) is 2.89. The molecule has 1 aromatic heterocycles. The van der Waals surface area contributed by atoms with Crippen LogP contribution in [0.1, 0.15) is 0 Å². The van der Waals surface area contributed by atoms with E-state index < -0.39 is 15.0 Å². The highest BCUT2D eigenvalue weighted by atomic mass is 32.2. The minimum absolute atomic E-state index is 0.000726. The molecule has 2 aromatic rings. The van der Waals surface area contributed by atoms with E-state index in [-0.39, 0.29) is 41.6 Å². The van der Waals surface area contributed by atoms with Crippen molar-refractivity contribution in [3.63, 3.8) is 0 Å². The van der Waals surface area contributed by atoms with Gasteiger partial charge in [0.1, 0.15) is 0 Å². The Labute approximate surface area is 169 Å². The van der Waals surface area contributed by atoms with Gasteiger partial charge in [-0.3, -0.25) is 4.55 Å². The normalized spacial score (nSPS) is 11.3. The molecule has 0 radical (unpaired) electrons. The maximum Gasteiger partial charge on any atom is 0.294 e. The molecular weight excluding hydrogens is 430 g/mol. The topological polar surface area (TPSA) is 214 Å². The van der Waals surface area contributed by atoms with Crippen LogP contribution in [0.4, 0.5) is 23.5 Å². The number of aliphatic hydroxyl groups is 1. The SMILES string of the molecule is NCCNc1nc(NCCO)nc(Nc2cc(S(=O)(=O)O)ccc2SOOO)n1. The van der Waals surface area contributed by atoms with Crippen LogP contribution in [0.15, 0.2) is 28.0 Å². The molecule has 0 aliphatic rings. The highest BCUT2D eigenvalue weighted by Crippen LogP contribution is 2.32. The Kier molecular flexibility index (Phi) is 8.73. The third-order valence-electron chi connectivity index (χ3n) is 3.11. The maximum absolute atomic E-state index is 11.4. The van der Waals surface area contributed by atoms with Gasteiger partial charge in [-0.1, -0.05) is 5.04 Å². The van der Waals surface area contributed by atoms with Crippen molar-refractivity contribution in [2.75, 3.05) is 42.2 Å². The van der Waals surface area contributed by atoms with Crippen molar-refractivity contribution in [1.82, 2.24) is 15.0 Å². The Bertz CT molecular complexity index is 890. The number of benzene rings is 1. The van der Waals surface area contributed by atoms with Gasteiger partial charge in [0, 0.05) is 19.6 Å². The van der Waals surface area contributed by atoms with Crippen LogP contribution >= 0.6 is 12.0 Å². The Morgan fingerprint density at radius 3 is 2.34 bits per heavy atom. The number of hydrogen-bond donors (Lipinski definition) is 7. The minimum Gasteiger partial charge on any atom is -0.395 e. The lowest BCUT2D eigenvalue weighted by Crippen LogP contribution is -2.17. The van der Waals surface area contributed by atoms with Gasteiger partial charge in [0.25, 0.3) is 10.1 Å². The molecule has 0 saturated heterocycles. The lowest BCUT2D eigenvalue weighted by atomic mass is 10.3. The van der Waals surface area contributed by atoms with Gasteiger partial charge in [-0.05, 0) is 18.2 Å². The second-order valence-corrected chi connectivity index (χ2v) is 7.32. The first-order valence-corrected chi connectivity index (χ1v) is 10.1. The van der Waals surface area contributed by atoms with E-state index in [2.05, 4.69) is 40.3 Å². The fraction of sp³-hybridized carbons (Fsp3) is 0.308. The molecule has 8 N–H and O–H groups in total. The average molecular weight is 449 g/mol. The van der Waals surface area contributed by atoms with Crippen LogP contribution in [0.3, 0.4) is 0 Å². The van der Waals surface area contributed by atoms with E-state index >= 15 is 0 Å². The quantitative estimate of drug-likeness (QED) is 0.0987. The van der Waals surface area contributed by atoms with Crippen LogP contribution in [-0.2, 0) is 19.5 Å². The monoisotopic (exact) mass is 449 g/mol. The molecule has 1 aromatic carbocycles. The van der Waals surface area contributed by atoms with Crippen LogP contribution in [0.25, 0.3) is 0 Å². The molecule has 0 fully saturated rings. The highest BCUT2D eigenvalue weighted by molar-refractivity contribution is 7.94. The molecule has 0 bridgehead atoms. The summed E-state index contributed by atoms with van der Waals surface area (Å²) in [6, 6.07) is 3.53. The molecule has 16 heteroatoms. The smallest absolute Gasteiger partial charge is 0.294 e. The summed E-state index contributed by atoms with van der Waals surface area (Å²) in [5.74, 6) is 0.300. The molecule has 2 rings (SSSR count). The fourth-order valence-electron chi connectivity index (χ4n) is 1.95. The van der Waals surface area contributed by atoms with Gasteiger partial charge in [0.2, 0.25) is 17.8 Å². The van der Waals surface area contributed by atoms with Crippen molar-refractivity contribution >= 4 is 45.7 Å². The number of nitrogens with two attached hydrogens (primary N) is 1. The first-order valence-electron chi connectivity index (χ1n) is 7.95. The minimum atomic E-state index is -4.49. The van der Waals surface area contributed by atoms with Crippen molar-refractivity contribution in [3.8, 4) is 0 Å². The van der Waals surface area contributed by atoms with Crippen LogP contribution in [0.5, 0.6) is 0 Å². The molecule has 1 heterocycles. The van der Waals surface area contributed by atoms with Gasteiger partial charge >= 0.3 is 0 Å². The van der Waals surface area contributed by atoms with E-state index in [1.54, 1.807) is 0 Å². The van der Waals surface area contributed by atoms with Gasteiger partial charge in [0.05, 0.1) is 34.1 Å². The second kappa shape index (κ2) is 11.0. The van der Waals surface area contributed by atoms with Crippen molar-refractivity contribution in [2.45, 2.75) is 9.79 Å². The molecule has 14 nitrogen and oxygen atoms in total. The van der Waals surface area contributed by atoms with E-state index in [1.807, 2.05) is 0 Å². The summed E-state index contributed by atoms with van der Waals surface area (Å²) in [5.41, 5.74) is 5.57. The van der Waals surface area contributed by atoms with E-state index in [4.69, 9.17) is 16.1 Å². The number of nitrogens with one attached hydrogen (secondary N) is 3. The molecule has 0 aliphatic carbocycles. The number of nitrogens with zero attached hydrogens (tertiary/aromatic N) is 3. The average Bonchev–Trinajstić information content (AvgIpc) is 2.69. The Balaban J connectivity index is 2.40. The van der Waals surface area contributed by atoms with Crippen LogP contribution in [0, 0.1) is 0 Å². The van der Waals surface area contributed by atoms with Crippen LogP contribution in [-0.4, -0.2) is 64.5 Å². The van der Waals surface area contributed by atoms with Crippen molar-refractivity contribution in [2.24, 2.45) is 5.73 Å². The summed E-state index contributed by atoms with van der Waals surface area (Å²) in [6.45, 7) is 0.726. The number of anilines is 4. The molecule has 0 amide bonds. The van der Waals surface area contributed by atoms with E-state index in [0.29, 0.717) is 25.1 Å². The predicted molar refractivity (Wildman–Crippen MR) is 103 cm³/mol. The molecule has 0 spiro atoms. The summed E-state index contributed by atoms with van der Waals surface area (Å²) in [7, 11) is -4.49. The van der Waals surface area contributed by atoms with Crippen molar-refractivity contribution in [3.05, 3.63) is 18.2 Å². The van der Waals surface area contributed by atoms with Gasteiger partial charge in [0.15, 0.2) is 0 Å². The Morgan fingerprint density at radius 1 is 1.10 bits per heavy atom. The largest absolute Gasteiger partial charge is 0.395 e. The van der Waals surface area contributed by atoms with Crippen LogP contribution < -0.4 is 21.7 Å². The summed E-state index contributed by atoms with van der Waals surface area (Å²) in [4.78, 5) is 12.2.